The van der Waals surface area contributed by atoms with Crippen LogP contribution in [0.4, 0.5) is 0 Å². The maximum Gasteiger partial charge on any atom is 0.336 e. The molecule has 1 aliphatic carbocycles. The Balaban J connectivity index is 1.74. The van der Waals surface area contributed by atoms with Crippen LogP contribution in [0, 0.1) is 0 Å². The zero-order valence-electron chi connectivity index (χ0n) is 13.9. The molecule has 2 aromatic rings. The first-order valence-electron chi connectivity index (χ1n) is 7.96. The van der Waals surface area contributed by atoms with Crippen LogP contribution in [0.15, 0.2) is 39.5 Å². The van der Waals surface area contributed by atoms with Gasteiger partial charge in [-0.25, -0.2) is 4.79 Å². The molecule has 0 bridgehead atoms. The van der Waals surface area contributed by atoms with Crippen LogP contribution in [-0.2, 0) is 19.1 Å². The van der Waals surface area contributed by atoms with Crippen molar-refractivity contribution in [1.29, 1.82) is 0 Å². The van der Waals surface area contributed by atoms with E-state index in [2.05, 4.69) is 0 Å². The van der Waals surface area contributed by atoms with Crippen molar-refractivity contribution in [3.63, 3.8) is 0 Å². The fourth-order valence-corrected chi connectivity index (χ4v) is 3.00. The summed E-state index contributed by atoms with van der Waals surface area (Å²) in [4.78, 5) is 33.8. The lowest BCUT2D eigenvalue weighted by Gasteiger charge is -2.18. The molecule has 1 aliphatic rings. The van der Waals surface area contributed by atoms with Crippen LogP contribution >= 0.6 is 0 Å². The van der Waals surface area contributed by atoms with Crippen molar-refractivity contribution in [1.82, 2.24) is 0 Å². The van der Waals surface area contributed by atoms with Gasteiger partial charge in [-0.15, -0.1) is 0 Å². The zero-order chi connectivity index (χ0) is 18.0. The van der Waals surface area contributed by atoms with Gasteiger partial charge in [0.25, 0.3) is 0 Å². The van der Waals surface area contributed by atoms with Gasteiger partial charge in [0.2, 0.25) is 0 Å². The van der Waals surface area contributed by atoms with E-state index in [1.807, 2.05) is 0 Å². The first-order valence-corrected chi connectivity index (χ1v) is 7.96. The van der Waals surface area contributed by atoms with Gasteiger partial charge in [0.1, 0.15) is 29.6 Å². The molecule has 1 unspecified atom stereocenters. The molecule has 0 amide bonds. The number of rotatable bonds is 4. The second-order valence-corrected chi connectivity index (χ2v) is 5.96. The normalized spacial score (nSPS) is 22.6. The van der Waals surface area contributed by atoms with Crippen LogP contribution < -0.4 is 10.4 Å². The van der Waals surface area contributed by atoms with Gasteiger partial charge in [0, 0.05) is 44.2 Å². The lowest BCUT2D eigenvalue weighted by Crippen LogP contribution is -2.29. The predicted molar refractivity (Wildman–Crippen MR) is 87.2 cm³/mol. The van der Waals surface area contributed by atoms with E-state index in [1.165, 1.54) is 19.9 Å². The van der Waals surface area contributed by atoms with E-state index in [0.29, 0.717) is 24.2 Å². The largest absolute Gasteiger partial charge is 0.490 e. The number of hydrogen-bond donors (Lipinski definition) is 0. The van der Waals surface area contributed by atoms with Crippen LogP contribution in [0.2, 0.25) is 0 Å². The fraction of sp³-hybridized carbons (Fsp3) is 0.389. The molecule has 0 N–H and O–H groups in total. The monoisotopic (exact) mass is 346 g/mol. The highest BCUT2D eigenvalue weighted by atomic mass is 16.6. The van der Waals surface area contributed by atoms with Crippen LogP contribution in [0.3, 0.4) is 0 Å². The van der Waals surface area contributed by atoms with Gasteiger partial charge >= 0.3 is 17.6 Å². The van der Waals surface area contributed by atoms with Crippen LogP contribution in [0.5, 0.6) is 5.75 Å². The highest BCUT2D eigenvalue weighted by Crippen LogP contribution is 2.30. The van der Waals surface area contributed by atoms with Crippen LogP contribution in [0.25, 0.3) is 11.0 Å². The lowest BCUT2D eigenvalue weighted by molar-refractivity contribution is -0.162. The van der Waals surface area contributed by atoms with Crippen molar-refractivity contribution in [2.75, 3.05) is 0 Å². The molecule has 1 saturated carbocycles. The molecule has 0 saturated heterocycles. The summed E-state index contributed by atoms with van der Waals surface area (Å²) in [5.41, 5.74) is -0.00794. The summed E-state index contributed by atoms with van der Waals surface area (Å²) >= 11 is 0. The molecule has 3 atom stereocenters. The molecule has 0 spiro atoms. The topological polar surface area (TPSA) is 92.0 Å². The van der Waals surface area contributed by atoms with E-state index in [9.17, 15) is 14.4 Å². The Bertz CT molecular complexity index is 830. The Kier molecular flexibility index (Phi) is 4.74. The Morgan fingerprint density at radius 2 is 1.60 bits per heavy atom. The van der Waals surface area contributed by atoms with Crippen molar-refractivity contribution in [3.8, 4) is 5.75 Å². The average molecular weight is 346 g/mol. The third-order valence-electron chi connectivity index (χ3n) is 3.94. The zero-order valence-corrected chi connectivity index (χ0v) is 13.9. The third kappa shape index (κ3) is 4.17. The second-order valence-electron chi connectivity index (χ2n) is 5.96. The minimum Gasteiger partial charge on any atom is -0.490 e. The number of esters is 2. The summed E-state index contributed by atoms with van der Waals surface area (Å²) in [5, 5.41) is 0.786. The first-order chi connectivity index (χ1) is 11.9. The van der Waals surface area contributed by atoms with Crippen LogP contribution in [0.1, 0.15) is 26.7 Å². The van der Waals surface area contributed by atoms with Crippen LogP contribution in [-0.4, -0.2) is 30.3 Å². The van der Waals surface area contributed by atoms with Crippen molar-refractivity contribution in [2.24, 2.45) is 0 Å². The minimum absolute atomic E-state index is 0.290. The Hall–Kier alpha value is -2.83. The number of ether oxygens (including phenoxy) is 3. The quantitative estimate of drug-likeness (QED) is 0.619. The molecule has 1 heterocycles. The summed E-state index contributed by atoms with van der Waals surface area (Å²) in [7, 11) is 0. The van der Waals surface area contributed by atoms with Gasteiger partial charge in [0.15, 0.2) is 0 Å². The summed E-state index contributed by atoms with van der Waals surface area (Å²) < 4.78 is 21.5. The molecule has 1 aromatic heterocycles. The Morgan fingerprint density at radius 3 is 2.20 bits per heavy atom. The summed E-state index contributed by atoms with van der Waals surface area (Å²) in [6, 6.07) is 8.22. The molecular weight excluding hydrogens is 328 g/mol. The van der Waals surface area contributed by atoms with Gasteiger partial charge in [0.05, 0.1) is 0 Å². The molecule has 7 heteroatoms. The van der Waals surface area contributed by atoms with Crippen molar-refractivity contribution < 1.29 is 28.2 Å². The highest BCUT2D eigenvalue weighted by molar-refractivity contribution is 5.77. The number of fused-ring (bicyclic) bond motifs is 1. The van der Waals surface area contributed by atoms with Gasteiger partial charge in [-0.05, 0) is 18.2 Å². The van der Waals surface area contributed by atoms with E-state index in [-0.39, 0.29) is 6.10 Å². The van der Waals surface area contributed by atoms with Gasteiger partial charge in [-0.1, -0.05) is 0 Å². The Labute approximate surface area is 143 Å². The van der Waals surface area contributed by atoms with E-state index in [1.54, 1.807) is 24.3 Å². The van der Waals surface area contributed by atoms with E-state index in [4.69, 9.17) is 18.6 Å². The fourth-order valence-electron chi connectivity index (χ4n) is 3.00. The maximum atomic E-state index is 11.3. The summed E-state index contributed by atoms with van der Waals surface area (Å²) in [6.45, 7) is 2.62. The van der Waals surface area contributed by atoms with Gasteiger partial charge < -0.3 is 18.6 Å². The van der Waals surface area contributed by atoms with E-state index in [0.717, 1.165) is 5.39 Å². The first kappa shape index (κ1) is 17.0. The molecule has 1 aromatic carbocycles. The predicted octanol–water partition coefficient (Wildman–Crippen LogP) is 2.20. The average Bonchev–Trinajstić information content (AvgIpc) is 2.86. The summed E-state index contributed by atoms with van der Waals surface area (Å²) in [6.07, 6.45) is -0.543. The highest BCUT2D eigenvalue weighted by Gasteiger charge is 2.40. The molecule has 0 radical (unpaired) electrons. The lowest BCUT2D eigenvalue weighted by atomic mass is 10.2. The molecule has 7 nitrogen and oxygen atoms in total. The molecule has 25 heavy (non-hydrogen) atoms. The van der Waals surface area contributed by atoms with Crippen molar-refractivity contribution in [2.45, 2.75) is 45.0 Å². The molecular formula is C18H18O7. The van der Waals surface area contributed by atoms with Gasteiger partial charge in [-0.2, -0.15) is 0 Å². The number of carbonyl (C=O) groups excluding carboxylic acids is 2. The molecule has 3 rings (SSSR count). The minimum atomic E-state index is -0.537. The number of benzene rings is 1. The van der Waals surface area contributed by atoms with Crippen molar-refractivity contribution >= 4 is 22.9 Å². The molecule has 1 fully saturated rings. The third-order valence-corrected chi connectivity index (χ3v) is 3.94. The maximum absolute atomic E-state index is 11.3. The molecule has 132 valence electrons. The van der Waals surface area contributed by atoms with E-state index >= 15 is 0 Å². The van der Waals surface area contributed by atoms with Crippen molar-refractivity contribution in [3.05, 3.63) is 40.8 Å². The second kappa shape index (κ2) is 6.96. The molecule has 0 aliphatic heterocycles. The van der Waals surface area contributed by atoms with E-state index < -0.39 is 29.8 Å². The SMILES string of the molecule is CC(=O)O[C@H]1CC(Oc2ccc3ccc(=O)oc3c2)C[C@H]1OC(C)=O. The Morgan fingerprint density at radius 1 is 1.00 bits per heavy atom. The number of carbonyl (C=O) groups is 2. The number of hydrogen-bond acceptors (Lipinski definition) is 7. The standard InChI is InChI=1S/C18H18O7/c1-10(19)22-16-8-14(9-17(16)23-11(2)20)24-13-5-3-12-4-6-18(21)25-15(12)7-13/h3-7,14,16-17H,8-9H2,1-2H3/t14?,16-,17+. The smallest absolute Gasteiger partial charge is 0.336 e. The summed E-state index contributed by atoms with van der Waals surface area (Å²) in [5.74, 6) is -0.345. The van der Waals surface area contributed by atoms with Gasteiger partial charge in [-0.3, -0.25) is 9.59 Å².